The van der Waals surface area contributed by atoms with Crippen molar-refractivity contribution in [3.8, 4) is 0 Å². The van der Waals surface area contributed by atoms with Crippen molar-refractivity contribution < 1.29 is 40.0 Å². The van der Waals surface area contributed by atoms with Gasteiger partial charge < -0.3 is 26.9 Å². The molecule has 0 unspecified atom stereocenters. The number of amides is 2. The Bertz CT molecular complexity index is 1270. The van der Waals surface area contributed by atoms with Crippen LogP contribution < -0.4 is 22.6 Å². The van der Waals surface area contributed by atoms with Crippen LogP contribution >= 0.6 is 0 Å². The molecule has 1 atom stereocenters. The number of hydrogen-bond acceptors (Lipinski definition) is 3. The number of nitrogens with zero attached hydrogens (tertiary/aromatic N) is 2. The van der Waals surface area contributed by atoms with Crippen LogP contribution in [-0.4, -0.2) is 55.3 Å². The number of quaternary nitrogens is 1. The van der Waals surface area contributed by atoms with Crippen LogP contribution in [-0.2, 0) is 11.3 Å². The van der Waals surface area contributed by atoms with Gasteiger partial charge in [-0.25, -0.2) is 13.6 Å². The molecule has 1 N–H and O–H groups in total. The summed E-state index contributed by atoms with van der Waals surface area (Å²) < 4.78 is 35.0. The fourth-order valence-corrected chi connectivity index (χ4v) is 5.65. The molecule has 0 saturated carbocycles. The standard InChI is InChI=1S/C30H31F2N3O3.ClH/c31-25-12-10-22(11-13-25)20-34(27-9-5-4-8-26(27)32)30(37)38-28-21-35(17-14-23(28)15-18-35)19-16-33-29(36)24-6-2-1-3-7-24;/h1-13,23,28H,14-21H2;1H/t23?,28-,35?;/m0./s1. The van der Waals surface area contributed by atoms with Crippen molar-refractivity contribution in [1.29, 1.82) is 0 Å². The highest BCUT2D eigenvalue weighted by Gasteiger charge is 2.47. The van der Waals surface area contributed by atoms with Crippen LogP contribution in [0.5, 0.6) is 0 Å². The van der Waals surface area contributed by atoms with E-state index in [0.29, 0.717) is 24.2 Å². The lowest BCUT2D eigenvalue weighted by molar-refractivity contribution is -0.945. The third kappa shape index (κ3) is 6.75. The van der Waals surface area contributed by atoms with E-state index in [9.17, 15) is 18.4 Å². The summed E-state index contributed by atoms with van der Waals surface area (Å²) in [5.41, 5.74) is 1.42. The molecule has 2 amide bonds. The van der Waals surface area contributed by atoms with E-state index < -0.39 is 11.9 Å². The molecule has 39 heavy (non-hydrogen) atoms. The zero-order chi connectivity index (χ0) is 26.5. The largest absolute Gasteiger partial charge is 1.00 e. The highest BCUT2D eigenvalue weighted by atomic mass is 35.5. The van der Waals surface area contributed by atoms with Gasteiger partial charge in [-0.1, -0.05) is 42.5 Å². The van der Waals surface area contributed by atoms with Crippen molar-refractivity contribution in [2.75, 3.05) is 37.6 Å². The lowest BCUT2D eigenvalue weighted by Gasteiger charge is -2.52. The third-order valence-corrected chi connectivity index (χ3v) is 7.82. The van der Waals surface area contributed by atoms with Crippen LogP contribution in [0.3, 0.4) is 0 Å². The van der Waals surface area contributed by atoms with Crippen LogP contribution in [0.1, 0.15) is 28.8 Å². The van der Waals surface area contributed by atoms with Gasteiger partial charge in [0.1, 0.15) is 18.2 Å². The van der Waals surface area contributed by atoms with E-state index in [1.807, 2.05) is 18.2 Å². The zero-order valence-corrected chi connectivity index (χ0v) is 22.3. The van der Waals surface area contributed by atoms with E-state index in [4.69, 9.17) is 4.74 Å². The molecule has 6 nitrogen and oxygen atoms in total. The van der Waals surface area contributed by atoms with Gasteiger partial charge in [0.25, 0.3) is 5.91 Å². The van der Waals surface area contributed by atoms with Gasteiger partial charge >= 0.3 is 6.09 Å². The number of piperidine rings is 3. The van der Waals surface area contributed by atoms with Gasteiger partial charge in [0, 0.05) is 24.3 Å². The van der Waals surface area contributed by atoms with Crippen LogP contribution in [0.4, 0.5) is 19.3 Å². The first kappa shape index (κ1) is 28.5. The molecule has 3 aliphatic rings. The first-order valence-corrected chi connectivity index (χ1v) is 13.1. The Morgan fingerprint density at radius 3 is 2.28 bits per heavy atom. The molecule has 3 aromatic carbocycles. The minimum atomic E-state index is -0.617. The second-order valence-corrected chi connectivity index (χ2v) is 10.2. The Hall–Kier alpha value is -3.49. The summed E-state index contributed by atoms with van der Waals surface area (Å²) in [5.74, 6) is -0.751. The fourth-order valence-electron chi connectivity index (χ4n) is 5.65. The van der Waals surface area contributed by atoms with E-state index in [-0.39, 0.29) is 48.4 Å². The molecule has 3 heterocycles. The average Bonchev–Trinajstić information content (AvgIpc) is 2.94. The predicted octanol–water partition coefficient (Wildman–Crippen LogP) is 2.15. The molecule has 3 aromatic rings. The number of para-hydroxylation sites is 1. The number of benzene rings is 3. The Labute approximate surface area is 233 Å². The maximum absolute atomic E-state index is 14.7. The van der Waals surface area contributed by atoms with Crippen LogP contribution in [0.25, 0.3) is 0 Å². The smallest absolute Gasteiger partial charge is 0.415 e. The second kappa shape index (κ2) is 12.6. The monoisotopic (exact) mass is 555 g/mol. The summed E-state index contributed by atoms with van der Waals surface area (Å²) in [6, 6.07) is 21.0. The van der Waals surface area contributed by atoms with Crippen molar-refractivity contribution in [3.63, 3.8) is 0 Å². The molecule has 206 valence electrons. The van der Waals surface area contributed by atoms with Crippen molar-refractivity contribution in [3.05, 3.63) is 102 Å². The molecule has 0 radical (unpaired) electrons. The summed E-state index contributed by atoms with van der Waals surface area (Å²) >= 11 is 0. The third-order valence-electron chi connectivity index (χ3n) is 7.82. The molecule has 3 aliphatic heterocycles. The maximum Gasteiger partial charge on any atom is 0.415 e. The highest BCUT2D eigenvalue weighted by molar-refractivity contribution is 5.94. The van der Waals surface area contributed by atoms with Crippen molar-refractivity contribution in [2.24, 2.45) is 5.92 Å². The van der Waals surface area contributed by atoms with Crippen molar-refractivity contribution in [1.82, 2.24) is 5.32 Å². The predicted molar refractivity (Wildman–Crippen MR) is 140 cm³/mol. The van der Waals surface area contributed by atoms with Gasteiger partial charge in [0.2, 0.25) is 0 Å². The van der Waals surface area contributed by atoms with Gasteiger partial charge in [-0.05, 0) is 42.0 Å². The summed E-state index contributed by atoms with van der Waals surface area (Å²) in [7, 11) is 0. The number of carbonyl (C=O) groups is 2. The SMILES string of the molecule is O=C(NCC[N+]12CCC(CC1)[C@@H](OC(=O)N(Cc1ccc(F)cc1)c1ccccc1F)C2)c1ccccc1.[Cl-]. The zero-order valence-electron chi connectivity index (χ0n) is 21.6. The number of anilines is 1. The number of nitrogens with one attached hydrogen (secondary N) is 1. The Morgan fingerprint density at radius 2 is 1.59 bits per heavy atom. The molecular weight excluding hydrogens is 524 g/mol. The summed E-state index contributed by atoms with van der Waals surface area (Å²) in [6.07, 6.45) is 0.954. The van der Waals surface area contributed by atoms with Crippen molar-refractivity contribution >= 4 is 17.7 Å². The minimum absolute atomic E-state index is 0. The van der Waals surface area contributed by atoms with E-state index >= 15 is 0 Å². The summed E-state index contributed by atoms with van der Waals surface area (Å²) in [6.45, 7) is 3.97. The molecular formula is C30H32ClF2N3O3. The van der Waals surface area contributed by atoms with Gasteiger partial charge in [-0.3, -0.25) is 9.69 Å². The Kier molecular flexibility index (Phi) is 9.20. The topological polar surface area (TPSA) is 58.6 Å². The van der Waals surface area contributed by atoms with Gasteiger partial charge in [0.05, 0.1) is 38.4 Å². The number of halogens is 3. The average molecular weight is 556 g/mol. The molecule has 9 heteroatoms. The molecule has 3 fully saturated rings. The van der Waals surface area contributed by atoms with E-state index in [1.165, 1.54) is 23.1 Å². The van der Waals surface area contributed by atoms with E-state index in [1.54, 1.807) is 42.5 Å². The number of ether oxygens (including phenoxy) is 1. The first-order valence-electron chi connectivity index (χ1n) is 13.1. The van der Waals surface area contributed by atoms with Gasteiger partial charge in [0.15, 0.2) is 6.10 Å². The quantitative estimate of drug-likeness (QED) is 0.434. The lowest BCUT2D eigenvalue weighted by atomic mass is 9.83. The van der Waals surface area contributed by atoms with E-state index in [0.717, 1.165) is 37.0 Å². The molecule has 3 saturated heterocycles. The maximum atomic E-state index is 14.7. The van der Waals surface area contributed by atoms with E-state index in [2.05, 4.69) is 5.32 Å². The molecule has 2 bridgehead atoms. The number of carbonyl (C=O) groups excluding carboxylic acids is 2. The molecule has 0 spiro atoms. The Balaban J connectivity index is 0.00000353. The van der Waals surface area contributed by atoms with Crippen LogP contribution in [0.15, 0.2) is 78.9 Å². The number of fused-ring (bicyclic) bond motifs is 3. The summed E-state index contributed by atoms with van der Waals surface area (Å²) in [4.78, 5) is 27.2. The highest BCUT2D eigenvalue weighted by Crippen LogP contribution is 2.36. The number of hydrogen-bond donors (Lipinski definition) is 1. The van der Waals surface area contributed by atoms with Crippen LogP contribution in [0, 0.1) is 17.6 Å². The number of rotatable bonds is 8. The Morgan fingerprint density at radius 1 is 0.923 bits per heavy atom. The van der Waals surface area contributed by atoms with Crippen molar-refractivity contribution in [2.45, 2.75) is 25.5 Å². The first-order chi connectivity index (χ1) is 18.4. The molecule has 6 rings (SSSR count). The summed E-state index contributed by atoms with van der Waals surface area (Å²) in [5, 5.41) is 3.02. The van der Waals surface area contributed by atoms with Gasteiger partial charge in [-0.15, -0.1) is 0 Å². The fraction of sp³-hybridized carbons (Fsp3) is 0.333. The molecule has 0 aliphatic carbocycles. The van der Waals surface area contributed by atoms with Gasteiger partial charge in [-0.2, -0.15) is 0 Å². The normalized spacial score (nSPS) is 21.5. The molecule has 0 aromatic heterocycles. The lowest BCUT2D eigenvalue weighted by Crippen LogP contribution is -3.00. The van der Waals surface area contributed by atoms with Crippen LogP contribution in [0.2, 0.25) is 0 Å². The second-order valence-electron chi connectivity index (χ2n) is 10.2. The minimum Gasteiger partial charge on any atom is -1.00 e.